The Morgan fingerprint density at radius 1 is 1.50 bits per heavy atom. The van der Waals surface area contributed by atoms with E-state index in [4.69, 9.17) is 9.47 Å². The molecule has 1 aromatic rings. The van der Waals surface area contributed by atoms with E-state index in [0.29, 0.717) is 18.9 Å². The van der Waals surface area contributed by atoms with E-state index in [-0.39, 0.29) is 12.0 Å². The number of ether oxygens (including phenoxy) is 2. The monoisotopic (exact) mass is 253 g/mol. The van der Waals surface area contributed by atoms with Crippen molar-refractivity contribution in [3.8, 4) is 0 Å². The highest BCUT2D eigenvalue weighted by Crippen LogP contribution is 2.15. The number of methoxy groups -OCH3 is 1. The number of rotatable bonds is 5. The van der Waals surface area contributed by atoms with Gasteiger partial charge in [0.25, 0.3) is 5.91 Å². The van der Waals surface area contributed by atoms with Crippen molar-refractivity contribution >= 4 is 5.91 Å². The van der Waals surface area contributed by atoms with Gasteiger partial charge in [0.2, 0.25) is 0 Å². The molecule has 1 aliphatic rings. The van der Waals surface area contributed by atoms with Crippen LogP contribution in [-0.4, -0.2) is 60.5 Å². The molecule has 2 heterocycles. The zero-order chi connectivity index (χ0) is 12.8. The maximum atomic E-state index is 12.0. The molecule has 1 aromatic heterocycles. The van der Waals surface area contributed by atoms with Crippen LogP contribution >= 0.6 is 0 Å². The molecule has 0 atom stereocenters. The second-order valence-corrected chi connectivity index (χ2v) is 4.33. The maximum absolute atomic E-state index is 12.0. The first-order chi connectivity index (χ1) is 8.81. The molecule has 1 fully saturated rings. The first-order valence-electron chi connectivity index (χ1n) is 6.20. The van der Waals surface area contributed by atoms with Gasteiger partial charge in [-0.2, -0.15) is 5.10 Å². The molecule has 1 saturated heterocycles. The van der Waals surface area contributed by atoms with E-state index >= 15 is 0 Å². The Labute approximate surface area is 106 Å². The fraction of sp³-hybridized carbons (Fsp3) is 0.667. The molecule has 6 nitrogen and oxygen atoms in total. The number of likely N-dealkylation sites (tertiary alicyclic amines) is 1. The number of amides is 1. The van der Waals surface area contributed by atoms with E-state index in [1.54, 1.807) is 19.4 Å². The summed E-state index contributed by atoms with van der Waals surface area (Å²) in [6.07, 6.45) is 3.59. The van der Waals surface area contributed by atoms with Gasteiger partial charge in [0.1, 0.15) is 5.69 Å². The van der Waals surface area contributed by atoms with Gasteiger partial charge < -0.3 is 14.4 Å². The number of piperidine rings is 1. The lowest BCUT2D eigenvalue weighted by molar-refractivity contribution is -0.0123. The predicted octanol–water partition coefficient (Wildman–Crippen LogP) is 0.677. The highest BCUT2D eigenvalue weighted by molar-refractivity contribution is 5.92. The molecular formula is C12H19N3O3. The van der Waals surface area contributed by atoms with Crippen LogP contribution in [0, 0.1) is 0 Å². The molecular weight excluding hydrogens is 234 g/mol. The van der Waals surface area contributed by atoms with Crippen LogP contribution < -0.4 is 0 Å². The molecule has 0 bridgehead atoms. The number of nitrogens with one attached hydrogen (secondary N) is 1. The van der Waals surface area contributed by atoms with Crippen LogP contribution in [0.25, 0.3) is 0 Å². The third kappa shape index (κ3) is 3.30. The molecule has 1 amide bonds. The Morgan fingerprint density at radius 2 is 2.28 bits per heavy atom. The summed E-state index contributed by atoms with van der Waals surface area (Å²) in [5.74, 6) is 0.0165. The van der Waals surface area contributed by atoms with Gasteiger partial charge >= 0.3 is 0 Å². The average Bonchev–Trinajstić information content (AvgIpc) is 2.93. The summed E-state index contributed by atoms with van der Waals surface area (Å²) in [4.78, 5) is 13.9. The van der Waals surface area contributed by atoms with Gasteiger partial charge in [0.05, 0.1) is 19.3 Å². The maximum Gasteiger partial charge on any atom is 0.271 e. The average molecular weight is 253 g/mol. The molecule has 1 N–H and O–H groups in total. The van der Waals surface area contributed by atoms with Gasteiger partial charge in [-0.3, -0.25) is 9.89 Å². The second-order valence-electron chi connectivity index (χ2n) is 4.33. The molecule has 0 aromatic carbocycles. The second kappa shape index (κ2) is 6.51. The summed E-state index contributed by atoms with van der Waals surface area (Å²) < 4.78 is 10.6. The number of hydrogen-bond donors (Lipinski definition) is 1. The summed E-state index contributed by atoms with van der Waals surface area (Å²) in [6.45, 7) is 2.70. The van der Waals surface area contributed by atoms with E-state index < -0.39 is 0 Å². The molecule has 0 saturated carbocycles. The lowest BCUT2D eigenvalue weighted by Gasteiger charge is -2.31. The van der Waals surface area contributed by atoms with Crippen molar-refractivity contribution in [1.29, 1.82) is 0 Å². The van der Waals surface area contributed by atoms with Crippen LogP contribution in [-0.2, 0) is 9.47 Å². The van der Waals surface area contributed by atoms with Crippen LogP contribution in [0.4, 0.5) is 0 Å². The van der Waals surface area contributed by atoms with Crippen molar-refractivity contribution in [2.75, 3.05) is 33.4 Å². The van der Waals surface area contributed by atoms with Crippen molar-refractivity contribution < 1.29 is 14.3 Å². The van der Waals surface area contributed by atoms with Crippen molar-refractivity contribution in [1.82, 2.24) is 15.1 Å². The molecule has 0 radical (unpaired) electrons. The summed E-state index contributed by atoms with van der Waals surface area (Å²) in [5, 5.41) is 6.49. The number of aromatic nitrogens is 2. The van der Waals surface area contributed by atoms with Gasteiger partial charge in [-0.05, 0) is 18.9 Å². The Bertz CT molecular complexity index is 359. The lowest BCUT2D eigenvalue weighted by Crippen LogP contribution is -2.41. The number of carbonyl (C=O) groups is 1. The van der Waals surface area contributed by atoms with E-state index in [0.717, 1.165) is 25.9 Å². The quantitative estimate of drug-likeness (QED) is 0.783. The Morgan fingerprint density at radius 3 is 2.89 bits per heavy atom. The standard InChI is InChI=1S/C12H19N3O3/c1-17-8-9-18-10-3-6-15(7-4-10)12(16)11-2-5-13-14-11/h2,5,10H,3-4,6-9H2,1H3,(H,13,14). The topological polar surface area (TPSA) is 67.5 Å². The van der Waals surface area contributed by atoms with Crippen LogP contribution in [0.3, 0.4) is 0 Å². The van der Waals surface area contributed by atoms with E-state index in [2.05, 4.69) is 10.2 Å². The Kier molecular flexibility index (Phi) is 4.72. The Hall–Kier alpha value is -1.40. The zero-order valence-electron chi connectivity index (χ0n) is 10.6. The highest BCUT2D eigenvalue weighted by atomic mass is 16.5. The van der Waals surface area contributed by atoms with Crippen molar-refractivity contribution in [2.24, 2.45) is 0 Å². The van der Waals surface area contributed by atoms with Gasteiger partial charge in [0.15, 0.2) is 0 Å². The SMILES string of the molecule is COCCOC1CCN(C(=O)c2ccn[nH]2)CC1. The minimum absolute atomic E-state index is 0.0165. The van der Waals surface area contributed by atoms with Gasteiger partial charge in [-0.1, -0.05) is 0 Å². The number of nitrogens with zero attached hydrogens (tertiary/aromatic N) is 2. The van der Waals surface area contributed by atoms with Crippen LogP contribution in [0.1, 0.15) is 23.3 Å². The minimum Gasteiger partial charge on any atom is -0.382 e. The lowest BCUT2D eigenvalue weighted by atomic mass is 10.1. The number of aromatic amines is 1. The highest BCUT2D eigenvalue weighted by Gasteiger charge is 2.24. The third-order valence-electron chi connectivity index (χ3n) is 3.10. The van der Waals surface area contributed by atoms with Crippen LogP contribution in [0.2, 0.25) is 0 Å². The molecule has 2 rings (SSSR count). The normalized spacial score (nSPS) is 17.1. The first-order valence-corrected chi connectivity index (χ1v) is 6.20. The van der Waals surface area contributed by atoms with E-state index in [1.165, 1.54) is 0 Å². The first kappa shape index (κ1) is 13.0. The van der Waals surface area contributed by atoms with Gasteiger partial charge in [-0.25, -0.2) is 0 Å². The molecule has 0 unspecified atom stereocenters. The van der Waals surface area contributed by atoms with Gasteiger partial charge in [-0.15, -0.1) is 0 Å². The zero-order valence-corrected chi connectivity index (χ0v) is 10.6. The molecule has 1 aliphatic heterocycles. The van der Waals surface area contributed by atoms with Crippen molar-refractivity contribution in [3.63, 3.8) is 0 Å². The summed E-state index contributed by atoms with van der Waals surface area (Å²) in [6, 6.07) is 1.70. The van der Waals surface area contributed by atoms with Crippen molar-refractivity contribution in [2.45, 2.75) is 18.9 Å². The fourth-order valence-electron chi connectivity index (χ4n) is 2.07. The van der Waals surface area contributed by atoms with E-state index in [9.17, 15) is 4.79 Å². The van der Waals surface area contributed by atoms with Gasteiger partial charge in [0, 0.05) is 26.4 Å². The molecule has 18 heavy (non-hydrogen) atoms. The molecule has 0 aliphatic carbocycles. The largest absolute Gasteiger partial charge is 0.382 e. The van der Waals surface area contributed by atoms with E-state index in [1.807, 2.05) is 4.90 Å². The molecule has 6 heteroatoms. The van der Waals surface area contributed by atoms with Crippen LogP contribution in [0.15, 0.2) is 12.3 Å². The Balaban J connectivity index is 1.75. The summed E-state index contributed by atoms with van der Waals surface area (Å²) >= 11 is 0. The number of H-pyrrole nitrogens is 1. The smallest absolute Gasteiger partial charge is 0.271 e. The minimum atomic E-state index is 0.0165. The summed E-state index contributed by atoms with van der Waals surface area (Å²) in [5.41, 5.74) is 0.550. The third-order valence-corrected chi connectivity index (χ3v) is 3.10. The predicted molar refractivity (Wildman–Crippen MR) is 65.3 cm³/mol. The molecule has 100 valence electrons. The van der Waals surface area contributed by atoms with Crippen LogP contribution in [0.5, 0.6) is 0 Å². The summed E-state index contributed by atoms with van der Waals surface area (Å²) in [7, 11) is 1.66. The molecule has 0 spiro atoms. The number of carbonyl (C=O) groups excluding carboxylic acids is 1. The number of hydrogen-bond acceptors (Lipinski definition) is 4. The van der Waals surface area contributed by atoms with Crippen molar-refractivity contribution in [3.05, 3.63) is 18.0 Å². The fourth-order valence-corrected chi connectivity index (χ4v) is 2.07.